The molecule has 1 heterocycles. The van der Waals surface area contributed by atoms with Gasteiger partial charge in [-0.2, -0.15) is 4.80 Å². The zero-order valence-electron chi connectivity index (χ0n) is 11.7. The van der Waals surface area contributed by atoms with Crippen LogP contribution in [0.15, 0.2) is 0 Å². The fourth-order valence-electron chi connectivity index (χ4n) is 5.62. The number of aromatic nitrogens is 4. The number of hydrogen-bond donors (Lipinski definition) is 0. The van der Waals surface area contributed by atoms with E-state index in [1.807, 2.05) is 11.7 Å². The molecule has 20 heavy (non-hydrogen) atoms. The van der Waals surface area contributed by atoms with Gasteiger partial charge in [-0.1, -0.05) is 0 Å². The molecule has 2 atom stereocenters. The van der Waals surface area contributed by atoms with Gasteiger partial charge >= 0.3 is 0 Å². The third kappa shape index (κ3) is 1.82. The van der Waals surface area contributed by atoms with E-state index in [1.54, 1.807) is 0 Å². The summed E-state index contributed by atoms with van der Waals surface area (Å²) in [5.74, 6) is 2.11. The third-order valence-corrected chi connectivity index (χ3v) is 5.74. The molecule has 0 N–H and O–H groups in total. The molecule has 4 aliphatic rings. The van der Waals surface area contributed by atoms with Gasteiger partial charge in [0.15, 0.2) is 5.82 Å². The summed E-state index contributed by atoms with van der Waals surface area (Å²) in [5.41, 5.74) is 0.0716. The second kappa shape index (κ2) is 4.03. The van der Waals surface area contributed by atoms with Gasteiger partial charge in [0.2, 0.25) is 5.24 Å². The summed E-state index contributed by atoms with van der Waals surface area (Å²) >= 11 is 5.72. The quantitative estimate of drug-likeness (QED) is 0.803. The smallest absolute Gasteiger partial charge is 0.222 e. The molecule has 4 aliphatic carbocycles. The molecule has 6 heteroatoms. The Hall–Kier alpha value is -0.970. The fraction of sp³-hybridized carbons (Fsp3) is 0.857. The molecule has 0 amide bonds. The van der Waals surface area contributed by atoms with Crippen molar-refractivity contribution in [2.24, 2.45) is 17.3 Å². The van der Waals surface area contributed by atoms with E-state index in [2.05, 4.69) is 15.4 Å². The van der Waals surface area contributed by atoms with Gasteiger partial charge < -0.3 is 0 Å². The molecule has 0 spiro atoms. The molecule has 0 saturated heterocycles. The van der Waals surface area contributed by atoms with Gasteiger partial charge in [0, 0.05) is 6.42 Å². The Morgan fingerprint density at radius 3 is 2.60 bits per heavy atom. The van der Waals surface area contributed by atoms with Gasteiger partial charge in [-0.15, -0.1) is 10.2 Å². The average molecular weight is 295 g/mol. The van der Waals surface area contributed by atoms with Crippen molar-refractivity contribution in [3.05, 3.63) is 5.82 Å². The number of halogens is 1. The Morgan fingerprint density at radius 2 is 2.05 bits per heavy atom. The summed E-state index contributed by atoms with van der Waals surface area (Å²) in [7, 11) is 0. The lowest BCUT2D eigenvalue weighted by atomic mass is 9.46. The first-order chi connectivity index (χ1) is 9.49. The molecule has 0 radical (unpaired) electrons. The number of hydrogen-bond acceptors (Lipinski definition) is 4. The number of carbonyl (C=O) groups excluding carboxylic acids is 1. The van der Waals surface area contributed by atoms with Crippen molar-refractivity contribution in [3.63, 3.8) is 0 Å². The minimum Gasteiger partial charge on any atom is -0.281 e. The normalized spacial score (nSPS) is 42.1. The van der Waals surface area contributed by atoms with Crippen LogP contribution >= 0.6 is 11.6 Å². The van der Waals surface area contributed by atoms with E-state index in [-0.39, 0.29) is 16.2 Å². The van der Waals surface area contributed by atoms with E-state index in [1.165, 1.54) is 6.42 Å². The standard InChI is InChI=1S/C14H19ClN4O/c1-9-16-18-19(17-9)14-5-10-2-11(6-14)4-13(3-10,8-14)7-12(15)20/h10-11H,2-8H2,1H3. The van der Waals surface area contributed by atoms with Crippen molar-refractivity contribution in [2.75, 3.05) is 0 Å². The van der Waals surface area contributed by atoms with Crippen LogP contribution in [0.3, 0.4) is 0 Å². The summed E-state index contributed by atoms with van der Waals surface area (Å²) in [4.78, 5) is 13.3. The van der Waals surface area contributed by atoms with Crippen molar-refractivity contribution >= 4 is 16.8 Å². The van der Waals surface area contributed by atoms with Crippen LogP contribution in [0.1, 0.15) is 50.8 Å². The minimum absolute atomic E-state index is 0.0162. The fourth-order valence-corrected chi connectivity index (χ4v) is 5.91. The maximum Gasteiger partial charge on any atom is 0.222 e. The molecule has 1 aromatic heterocycles. The van der Waals surface area contributed by atoms with E-state index in [4.69, 9.17) is 11.6 Å². The van der Waals surface area contributed by atoms with Crippen LogP contribution in [-0.4, -0.2) is 25.4 Å². The van der Waals surface area contributed by atoms with Crippen molar-refractivity contribution in [1.29, 1.82) is 0 Å². The second-order valence-electron chi connectivity index (χ2n) is 7.34. The van der Waals surface area contributed by atoms with Gasteiger partial charge in [0.25, 0.3) is 0 Å². The van der Waals surface area contributed by atoms with Crippen LogP contribution in [0, 0.1) is 24.2 Å². The van der Waals surface area contributed by atoms with E-state index in [0.29, 0.717) is 18.3 Å². The van der Waals surface area contributed by atoms with Gasteiger partial charge in [0.05, 0.1) is 5.54 Å². The molecule has 4 bridgehead atoms. The number of nitrogens with zero attached hydrogens (tertiary/aromatic N) is 4. The highest BCUT2D eigenvalue weighted by Gasteiger charge is 2.59. The zero-order chi connectivity index (χ0) is 14.0. The Kier molecular flexibility index (Phi) is 2.57. The summed E-state index contributed by atoms with van der Waals surface area (Å²) < 4.78 is 0. The average Bonchev–Trinajstić information content (AvgIpc) is 2.72. The van der Waals surface area contributed by atoms with Crippen LogP contribution < -0.4 is 0 Å². The lowest BCUT2D eigenvalue weighted by Gasteiger charge is -2.61. The van der Waals surface area contributed by atoms with Crippen molar-refractivity contribution in [1.82, 2.24) is 20.2 Å². The van der Waals surface area contributed by atoms with Crippen LogP contribution in [0.2, 0.25) is 0 Å². The maximum atomic E-state index is 11.5. The van der Waals surface area contributed by atoms with Crippen LogP contribution in [-0.2, 0) is 10.3 Å². The van der Waals surface area contributed by atoms with Gasteiger partial charge in [-0.05, 0) is 79.5 Å². The van der Waals surface area contributed by atoms with Gasteiger partial charge in [-0.3, -0.25) is 4.79 Å². The molecule has 1 aromatic rings. The molecule has 4 fully saturated rings. The summed E-state index contributed by atoms with van der Waals surface area (Å²) in [6.45, 7) is 1.88. The summed E-state index contributed by atoms with van der Waals surface area (Å²) in [5, 5.41) is 12.6. The highest BCUT2D eigenvalue weighted by molar-refractivity contribution is 6.63. The van der Waals surface area contributed by atoms with E-state index < -0.39 is 0 Å². The molecule has 0 aromatic carbocycles. The molecular weight excluding hydrogens is 276 g/mol. The van der Waals surface area contributed by atoms with E-state index in [9.17, 15) is 4.79 Å². The minimum atomic E-state index is -0.190. The molecule has 5 rings (SSSR count). The van der Waals surface area contributed by atoms with Gasteiger partial charge in [-0.25, -0.2) is 0 Å². The first-order valence-corrected chi connectivity index (χ1v) is 7.82. The highest BCUT2D eigenvalue weighted by atomic mass is 35.5. The molecule has 0 aliphatic heterocycles. The SMILES string of the molecule is Cc1nnn(C23CC4CC(CC(CC(=O)Cl)(C4)C2)C3)n1. The van der Waals surface area contributed by atoms with E-state index in [0.717, 1.165) is 37.9 Å². The number of tetrazole rings is 1. The Morgan fingerprint density at radius 1 is 1.35 bits per heavy atom. The number of carbonyl (C=O) groups is 1. The monoisotopic (exact) mass is 294 g/mol. The van der Waals surface area contributed by atoms with Crippen LogP contribution in [0.5, 0.6) is 0 Å². The van der Waals surface area contributed by atoms with Gasteiger partial charge in [0.1, 0.15) is 0 Å². The highest BCUT2D eigenvalue weighted by Crippen LogP contribution is 2.65. The molecule has 108 valence electrons. The maximum absolute atomic E-state index is 11.5. The molecule has 5 nitrogen and oxygen atoms in total. The van der Waals surface area contributed by atoms with Crippen molar-refractivity contribution < 1.29 is 4.79 Å². The Labute approximate surface area is 123 Å². The first kappa shape index (κ1) is 12.7. The summed E-state index contributed by atoms with van der Waals surface area (Å²) in [6, 6.07) is 0. The Bertz CT molecular complexity index is 555. The van der Waals surface area contributed by atoms with Crippen LogP contribution in [0.25, 0.3) is 0 Å². The molecule has 2 unspecified atom stereocenters. The topological polar surface area (TPSA) is 60.7 Å². The lowest BCUT2D eigenvalue weighted by Crippen LogP contribution is -2.57. The first-order valence-electron chi connectivity index (χ1n) is 7.44. The third-order valence-electron chi connectivity index (χ3n) is 5.60. The number of aryl methyl sites for hydroxylation is 1. The van der Waals surface area contributed by atoms with Crippen molar-refractivity contribution in [2.45, 2.75) is 57.4 Å². The lowest BCUT2D eigenvalue weighted by molar-refractivity contribution is -0.132. The van der Waals surface area contributed by atoms with E-state index >= 15 is 0 Å². The van der Waals surface area contributed by atoms with Crippen LogP contribution in [0.4, 0.5) is 0 Å². The molecular formula is C14H19ClN4O. The molecule has 4 saturated carbocycles. The summed E-state index contributed by atoms with van der Waals surface area (Å²) in [6.07, 6.45) is 7.37. The zero-order valence-corrected chi connectivity index (χ0v) is 12.4. The number of rotatable bonds is 3. The largest absolute Gasteiger partial charge is 0.281 e. The predicted octanol–water partition coefficient (Wildman–Crippen LogP) is 2.43. The second-order valence-corrected chi connectivity index (χ2v) is 7.76. The Balaban J connectivity index is 1.73. The van der Waals surface area contributed by atoms with Crippen molar-refractivity contribution in [3.8, 4) is 0 Å². The predicted molar refractivity (Wildman–Crippen MR) is 73.1 cm³/mol.